The number of aromatic nitrogens is 3. The van der Waals surface area contributed by atoms with E-state index in [4.69, 9.17) is 4.98 Å². The summed E-state index contributed by atoms with van der Waals surface area (Å²) in [5, 5.41) is 10.8. The van der Waals surface area contributed by atoms with E-state index in [9.17, 15) is 0 Å². The van der Waals surface area contributed by atoms with Gasteiger partial charge in [-0.25, -0.2) is 9.67 Å². The van der Waals surface area contributed by atoms with Gasteiger partial charge in [-0.2, -0.15) is 5.10 Å². The van der Waals surface area contributed by atoms with Crippen molar-refractivity contribution in [3.63, 3.8) is 0 Å². The highest BCUT2D eigenvalue weighted by atomic mass is 15.3. The normalized spacial score (nSPS) is 15.3. The molecule has 1 saturated carbocycles. The minimum Gasteiger partial charge on any atom is -0.384 e. The molecule has 0 saturated heterocycles. The van der Waals surface area contributed by atoms with Crippen molar-refractivity contribution in [2.24, 2.45) is 5.92 Å². The van der Waals surface area contributed by atoms with Gasteiger partial charge in [-0.05, 0) is 30.4 Å². The van der Waals surface area contributed by atoms with Gasteiger partial charge in [-0.1, -0.05) is 67.8 Å². The fraction of sp³-hybridized carbons (Fsp3) is 0.333. The van der Waals surface area contributed by atoms with Crippen LogP contribution in [-0.2, 0) is 6.54 Å². The van der Waals surface area contributed by atoms with Gasteiger partial charge < -0.3 is 5.32 Å². The number of para-hydroxylation sites is 1. The summed E-state index contributed by atoms with van der Waals surface area (Å²) in [6, 6.07) is 18.9. The Labute approximate surface area is 165 Å². The van der Waals surface area contributed by atoms with Gasteiger partial charge in [0.2, 0.25) is 0 Å². The highest BCUT2D eigenvalue weighted by Gasteiger charge is 2.17. The van der Waals surface area contributed by atoms with Gasteiger partial charge in [0.05, 0.1) is 29.3 Å². The van der Waals surface area contributed by atoms with Gasteiger partial charge in [0.1, 0.15) is 0 Å². The molecule has 2 heterocycles. The monoisotopic (exact) mass is 370 g/mol. The fourth-order valence-electron chi connectivity index (χ4n) is 4.42. The van der Waals surface area contributed by atoms with Gasteiger partial charge in [-0.15, -0.1) is 0 Å². The topological polar surface area (TPSA) is 42.7 Å². The first-order valence-electron chi connectivity index (χ1n) is 10.4. The summed E-state index contributed by atoms with van der Waals surface area (Å²) in [5.41, 5.74) is 4.40. The van der Waals surface area contributed by atoms with Crippen LogP contribution in [0.25, 0.3) is 21.9 Å². The summed E-state index contributed by atoms with van der Waals surface area (Å²) in [6.45, 7) is 1.77. The SMILES string of the molecule is c1ccc(Cn2ncc3c(NCC4CCCCC4)c4ccccc4nc32)cc1. The smallest absolute Gasteiger partial charge is 0.160 e. The number of hydrogen-bond donors (Lipinski definition) is 1. The molecule has 4 heteroatoms. The molecule has 4 nitrogen and oxygen atoms in total. The van der Waals surface area contributed by atoms with Crippen molar-refractivity contribution in [1.82, 2.24) is 14.8 Å². The van der Waals surface area contributed by atoms with Crippen LogP contribution in [0, 0.1) is 5.92 Å². The highest BCUT2D eigenvalue weighted by molar-refractivity contribution is 6.06. The standard InChI is InChI=1S/C24H26N4/c1-3-9-18(10-4-1)15-25-23-20-13-7-8-14-22(20)27-24-21(23)16-26-28(24)17-19-11-5-2-6-12-19/h2,5-8,11-14,16,18H,1,3-4,9-10,15,17H2,(H,25,27). The van der Waals surface area contributed by atoms with E-state index in [0.717, 1.165) is 35.6 Å². The van der Waals surface area contributed by atoms with Crippen LogP contribution in [0.15, 0.2) is 60.8 Å². The van der Waals surface area contributed by atoms with Gasteiger partial charge in [-0.3, -0.25) is 0 Å². The first-order chi connectivity index (χ1) is 13.9. The Kier molecular flexibility index (Phi) is 4.69. The zero-order chi connectivity index (χ0) is 18.8. The minimum absolute atomic E-state index is 0.734. The van der Waals surface area contributed by atoms with Gasteiger partial charge in [0, 0.05) is 11.9 Å². The lowest BCUT2D eigenvalue weighted by atomic mass is 9.89. The van der Waals surface area contributed by atoms with Crippen molar-refractivity contribution in [3.05, 3.63) is 66.4 Å². The summed E-state index contributed by atoms with van der Waals surface area (Å²) >= 11 is 0. The molecule has 0 unspecified atom stereocenters. The number of hydrogen-bond acceptors (Lipinski definition) is 3. The molecule has 142 valence electrons. The summed E-state index contributed by atoms with van der Waals surface area (Å²) < 4.78 is 2.02. The molecule has 1 N–H and O–H groups in total. The Hall–Kier alpha value is -2.88. The van der Waals surface area contributed by atoms with Crippen molar-refractivity contribution in [1.29, 1.82) is 0 Å². The van der Waals surface area contributed by atoms with E-state index >= 15 is 0 Å². The second-order valence-electron chi connectivity index (χ2n) is 7.91. The van der Waals surface area contributed by atoms with Crippen molar-refractivity contribution in [2.75, 3.05) is 11.9 Å². The summed E-state index contributed by atoms with van der Waals surface area (Å²) in [7, 11) is 0. The quantitative estimate of drug-likeness (QED) is 0.495. The summed E-state index contributed by atoms with van der Waals surface area (Å²) in [6.07, 6.45) is 8.78. The third kappa shape index (κ3) is 3.35. The number of anilines is 1. The number of pyridine rings is 1. The van der Waals surface area contributed by atoms with Crippen LogP contribution >= 0.6 is 0 Å². The van der Waals surface area contributed by atoms with Gasteiger partial charge >= 0.3 is 0 Å². The van der Waals surface area contributed by atoms with E-state index in [-0.39, 0.29) is 0 Å². The van der Waals surface area contributed by atoms with E-state index < -0.39 is 0 Å². The third-order valence-corrected chi connectivity index (χ3v) is 5.95. The molecule has 28 heavy (non-hydrogen) atoms. The first kappa shape index (κ1) is 17.2. The van der Waals surface area contributed by atoms with Crippen LogP contribution < -0.4 is 5.32 Å². The lowest BCUT2D eigenvalue weighted by molar-refractivity contribution is 0.373. The Balaban J connectivity index is 1.54. The van der Waals surface area contributed by atoms with Gasteiger partial charge in [0.15, 0.2) is 5.65 Å². The van der Waals surface area contributed by atoms with E-state index in [2.05, 4.69) is 58.9 Å². The average molecular weight is 370 g/mol. The zero-order valence-corrected chi connectivity index (χ0v) is 16.1. The minimum atomic E-state index is 0.734. The molecule has 0 aliphatic heterocycles. The lowest BCUT2D eigenvalue weighted by Crippen LogP contribution is -2.17. The molecule has 2 aromatic carbocycles. The second-order valence-corrected chi connectivity index (χ2v) is 7.91. The van der Waals surface area contributed by atoms with Crippen molar-refractivity contribution in [3.8, 4) is 0 Å². The van der Waals surface area contributed by atoms with Crippen molar-refractivity contribution >= 4 is 27.6 Å². The molecular formula is C24H26N4. The van der Waals surface area contributed by atoms with Crippen LogP contribution in [0.2, 0.25) is 0 Å². The van der Waals surface area contributed by atoms with Crippen LogP contribution in [0.5, 0.6) is 0 Å². The molecular weight excluding hydrogens is 344 g/mol. The third-order valence-electron chi connectivity index (χ3n) is 5.95. The largest absolute Gasteiger partial charge is 0.384 e. The Bertz CT molecular complexity index is 1080. The summed E-state index contributed by atoms with van der Waals surface area (Å²) in [5.74, 6) is 0.773. The molecule has 4 aromatic rings. The number of nitrogens with one attached hydrogen (secondary N) is 1. The lowest BCUT2D eigenvalue weighted by Gasteiger charge is -2.23. The van der Waals surface area contributed by atoms with Crippen molar-refractivity contribution in [2.45, 2.75) is 38.6 Å². The second kappa shape index (κ2) is 7.63. The number of rotatable bonds is 5. The predicted octanol–water partition coefficient (Wildman–Crippen LogP) is 5.63. The van der Waals surface area contributed by atoms with E-state index in [0.29, 0.717) is 0 Å². The molecule has 1 aliphatic carbocycles. The molecule has 1 fully saturated rings. The highest BCUT2D eigenvalue weighted by Crippen LogP contribution is 2.32. The van der Waals surface area contributed by atoms with E-state index in [1.165, 1.54) is 48.7 Å². The molecule has 0 radical (unpaired) electrons. The van der Waals surface area contributed by atoms with Crippen LogP contribution in [0.1, 0.15) is 37.7 Å². The molecule has 1 aliphatic rings. The molecule has 2 aromatic heterocycles. The molecule has 5 rings (SSSR count). The van der Waals surface area contributed by atoms with Crippen LogP contribution in [0.3, 0.4) is 0 Å². The van der Waals surface area contributed by atoms with E-state index in [1.807, 2.05) is 16.9 Å². The molecule has 0 spiro atoms. The Morgan fingerprint density at radius 3 is 2.54 bits per heavy atom. The maximum atomic E-state index is 4.95. The molecule has 0 amide bonds. The van der Waals surface area contributed by atoms with Crippen LogP contribution in [-0.4, -0.2) is 21.3 Å². The van der Waals surface area contributed by atoms with Crippen LogP contribution in [0.4, 0.5) is 5.69 Å². The van der Waals surface area contributed by atoms with Crippen molar-refractivity contribution < 1.29 is 0 Å². The summed E-state index contributed by atoms with van der Waals surface area (Å²) in [4.78, 5) is 4.95. The predicted molar refractivity (Wildman–Crippen MR) is 116 cm³/mol. The maximum absolute atomic E-state index is 4.95. The molecule has 0 atom stereocenters. The van der Waals surface area contributed by atoms with Gasteiger partial charge in [0.25, 0.3) is 0 Å². The molecule has 0 bridgehead atoms. The number of fused-ring (bicyclic) bond motifs is 2. The number of nitrogens with zero attached hydrogens (tertiary/aromatic N) is 3. The average Bonchev–Trinajstić information content (AvgIpc) is 3.15. The first-order valence-corrected chi connectivity index (χ1v) is 10.4. The Morgan fingerprint density at radius 2 is 1.68 bits per heavy atom. The maximum Gasteiger partial charge on any atom is 0.160 e. The fourth-order valence-corrected chi connectivity index (χ4v) is 4.42. The zero-order valence-electron chi connectivity index (χ0n) is 16.1. The van der Waals surface area contributed by atoms with E-state index in [1.54, 1.807) is 0 Å². The Morgan fingerprint density at radius 1 is 0.893 bits per heavy atom. The number of benzene rings is 2.